The highest BCUT2D eigenvalue weighted by Crippen LogP contribution is 2.27. The Bertz CT molecular complexity index is 672. The average Bonchev–Trinajstić information content (AvgIpc) is 2.74. The molecule has 0 unspecified atom stereocenters. The highest BCUT2D eigenvalue weighted by molar-refractivity contribution is 5.99. The lowest BCUT2D eigenvalue weighted by molar-refractivity contribution is -0.145. The Labute approximate surface area is 123 Å². The average molecular weight is 289 g/mol. The molecule has 1 heterocycles. The molecule has 0 atom stereocenters. The van der Waals surface area contributed by atoms with Gasteiger partial charge in [0, 0.05) is 23.0 Å². The molecule has 1 N–H and O–H groups in total. The molecule has 0 saturated carbocycles. The van der Waals surface area contributed by atoms with Crippen LogP contribution in [0.2, 0.25) is 0 Å². The van der Waals surface area contributed by atoms with E-state index >= 15 is 0 Å². The lowest BCUT2D eigenvalue weighted by Crippen LogP contribution is -2.13. The summed E-state index contributed by atoms with van der Waals surface area (Å²) in [6.45, 7) is 3.92. The van der Waals surface area contributed by atoms with E-state index in [2.05, 4.69) is 4.98 Å². The van der Waals surface area contributed by atoms with Crippen LogP contribution < -0.4 is 4.74 Å². The second-order valence-corrected chi connectivity index (χ2v) is 4.84. The fourth-order valence-corrected chi connectivity index (χ4v) is 2.35. The molecule has 0 radical (unpaired) electrons. The topological polar surface area (TPSA) is 68.4 Å². The van der Waals surface area contributed by atoms with Crippen LogP contribution in [-0.2, 0) is 20.7 Å². The zero-order chi connectivity index (χ0) is 15.4. The number of Topliss-reactive ketones (excluding diaryl/α,β-unsaturated/α-hetero) is 1. The number of ether oxygens (including phenoxy) is 2. The first-order chi connectivity index (χ1) is 10.0. The standard InChI is InChI=1S/C16H19NO4/c1-4-21-16(19)8-11(18)7-13-10(2)17-15-6-5-12(20-3)9-14(13)15/h5-6,9,17H,4,7-8H2,1-3H3. The zero-order valence-electron chi connectivity index (χ0n) is 12.5. The van der Waals surface area contributed by atoms with E-state index in [1.807, 2.05) is 25.1 Å². The molecule has 5 nitrogen and oxygen atoms in total. The van der Waals surface area contributed by atoms with Gasteiger partial charge >= 0.3 is 5.97 Å². The van der Waals surface area contributed by atoms with Crippen LogP contribution in [0, 0.1) is 6.92 Å². The lowest BCUT2D eigenvalue weighted by atomic mass is 10.0. The number of hydrogen-bond donors (Lipinski definition) is 1. The van der Waals surface area contributed by atoms with Crippen LogP contribution in [0.4, 0.5) is 0 Å². The molecule has 0 amide bonds. The van der Waals surface area contributed by atoms with Gasteiger partial charge in [0.05, 0.1) is 13.7 Å². The predicted molar refractivity (Wildman–Crippen MR) is 79.5 cm³/mol. The summed E-state index contributed by atoms with van der Waals surface area (Å²) >= 11 is 0. The summed E-state index contributed by atoms with van der Waals surface area (Å²) in [6, 6.07) is 5.68. The summed E-state index contributed by atoms with van der Waals surface area (Å²) in [4.78, 5) is 26.6. The Morgan fingerprint density at radius 1 is 1.29 bits per heavy atom. The van der Waals surface area contributed by atoms with Gasteiger partial charge in [0.1, 0.15) is 18.0 Å². The number of carbonyl (C=O) groups is 2. The number of methoxy groups -OCH3 is 1. The number of ketones is 1. The van der Waals surface area contributed by atoms with E-state index in [1.54, 1.807) is 14.0 Å². The molecule has 2 aromatic rings. The van der Waals surface area contributed by atoms with Crippen LogP contribution in [0.25, 0.3) is 10.9 Å². The molecule has 2 rings (SSSR count). The number of aryl methyl sites for hydroxylation is 1. The predicted octanol–water partition coefficient (Wildman–Crippen LogP) is 2.55. The largest absolute Gasteiger partial charge is 0.497 e. The van der Waals surface area contributed by atoms with Crippen molar-refractivity contribution < 1.29 is 19.1 Å². The maximum atomic E-state index is 12.0. The summed E-state index contributed by atoms with van der Waals surface area (Å²) in [5, 5.41) is 0.948. The molecule has 1 aromatic heterocycles. The highest BCUT2D eigenvalue weighted by Gasteiger charge is 2.16. The summed E-state index contributed by atoms with van der Waals surface area (Å²) < 4.78 is 10.0. The van der Waals surface area contributed by atoms with Crippen molar-refractivity contribution in [3.63, 3.8) is 0 Å². The van der Waals surface area contributed by atoms with Crippen molar-refractivity contribution in [3.05, 3.63) is 29.5 Å². The van der Waals surface area contributed by atoms with Crippen molar-refractivity contribution >= 4 is 22.7 Å². The summed E-state index contributed by atoms with van der Waals surface area (Å²) in [6.07, 6.45) is 0.0156. The smallest absolute Gasteiger partial charge is 0.313 e. The third kappa shape index (κ3) is 3.42. The van der Waals surface area contributed by atoms with Crippen LogP contribution in [-0.4, -0.2) is 30.5 Å². The van der Waals surface area contributed by atoms with Gasteiger partial charge in [0.2, 0.25) is 0 Å². The minimum atomic E-state index is -0.474. The molecule has 0 aliphatic heterocycles. The van der Waals surface area contributed by atoms with Gasteiger partial charge in [-0.25, -0.2) is 0 Å². The monoisotopic (exact) mass is 289 g/mol. The number of esters is 1. The van der Waals surface area contributed by atoms with Crippen molar-refractivity contribution in [3.8, 4) is 5.75 Å². The van der Waals surface area contributed by atoms with Gasteiger partial charge in [-0.05, 0) is 37.6 Å². The lowest BCUT2D eigenvalue weighted by Gasteiger charge is -2.03. The Hall–Kier alpha value is -2.30. The van der Waals surface area contributed by atoms with Gasteiger partial charge in [-0.15, -0.1) is 0 Å². The van der Waals surface area contributed by atoms with Gasteiger partial charge in [-0.2, -0.15) is 0 Å². The maximum Gasteiger partial charge on any atom is 0.313 e. The van der Waals surface area contributed by atoms with Gasteiger partial charge in [-0.3, -0.25) is 9.59 Å². The summed E-state index contributed by atoms with van der Waals surface area (Å²) in [7, 11) is 1.60. The SMILES string of the molecule is CCOC(=O)CC(=O)Cc1c(C)[nH]c2ccc(OC)cc12. The van der Waals surface area contributed by atoms with Gasteiger partial charge in [-0.1, -0.05) is 0 Å². The van der Waals surface area contributed by atoms with E-state index < -0.39 is 5.97 Å². The first kappa shape index (κ1) is 15.1. The van der Waals surface area contributed by atoms with Crippen LogP contribution >= 0.6 is 0 Å². The number of fused-ring (bicyclic) bond motifs is 1. The first-order valence-electron chi connectivity index (χ1n) is 6.87. The molecule has 0 aliphatic rings. The van der Waals surface area contributed by atoms with E-state index in [-0.39, 0.29) is 25.2 Å². The highest BCUT2D eigenvalue weighted by atomic mass is 16.5. The number of benzene rings is 1. The number of H-pyrrole nitrogens is 1. The van der Waals surface area contributed by atoms with Gasteiger partial charge < -0.3 is 14.5 Å². The minimum Gasteiger partial charge on any atom is -0.497 e. The molecule has 0 saturated heterocycles. The molecule has 112 valence electrons. The van der Waals surface area contributed by atoms with Crippen LogP contribution in [0.3, 0.4) is 0 Å². The molecule has 0 fully saturated rings. The Balaban J connectivity index is 2.23. The number of nitrogens with one attached hydrogen (secondary N) is 1. The van der Waals surface area contributed by atoms with Crippen LogP contribution in [0.1, 0.15) is 24.6 Å². The van der Waals surface area contributed by atoms with E-state index in [4.69, 9.17) is 9.47 Å². The number of aromatic amines is 1. The summed E-state index contributed by atoms with van der Waals surface area (Å²) in [5.74, 6) is 0.110. The second-order valence-electron chi connectivity index (χ2n) is 4.84. The van der Waals surface area contributed by atoms with Crippen molar-refractivity contribution in [2.24, 2.45) is 0 Å². The quantitative estimate of drug-likeness (QED) is 0.655. The van der Waals surface area contributed by atoms with E-state index in [1.165, 1.54) is 0 Å². The number of aromatic nitrogens is 1. The maximum absolute atomic E-state index is 12.0. The van der Waals surface area contributed by atoms with Crippen molar-refractivity contribution in [2.45, 2.75) is 26.7 Å². The second kappa shape index (κ2) is 6.43. The molecular formula is C16H19NO4. The van der Waals surface area contributed by atoms with Gasteiger partial charge in [0.15, 0.2) is 0 Å². The fourth-order valence-electron chi connectivity index (χ4n) is 2.35. The Kier molecular flexibility index (Phi) is 4.62. The van der Waals surface area contributed by atoms with Crippen molar-refractivity contribution in [1.82, 2.24) is 4.98 Å². The van der Waals surface area contributed by atoms with Crippen LogP contribution in [0.5, 0.6) is 5.75 Å². The first-order valence-corrected chi connectivity index (χ1v) is 6.87. The molecule has 0 bridgehead atoms. The molecule has 0 aliphatic carbocycles. The minimum absolute atomic E-state index is 0.153. The van der Waals surface area contributed by atoms with Crippen molar-refractivity contribution in [2.75, 3.05) is 13.7 Å². The number of rotatable bonds is 6. The number of carbonyl (C=O) groups excluding carboxylic acids is 2. The summed E-state index contributed by atoms with van der Waals surface area (Å²) in [5.41, 5.74) is 2.78. The van der Waals surface area contributed by atoms with Gasteiger partial charge in [0.25, 0.3) is 0 Å². The van der Waals surface area contributed by atoms with Crippen molar-refractivity contribution in [1.29, 1.82) is 0 Å². The molecule has 1 aromatic carbocycles. The Morgan fingerprint density at radius 2 is 2.05 bits per heavy atom. The van der Waals surface area contributed by atoms with E-state index in [9.17, 15) is 9.59 Å². The molecular weight excluding hydrogens is 270 g/mol. The molecule has 5 heteroatoms. The van der Waals surface area contributed by atoms with E-state index in [0.29, 0.717) is 0 Å². The Morgan fingerprint density at radius 3 is 2.71 bits per heavy atom. The molecule has 0 spiro atoms. The molecule has 21 heavy (non-hydrogen) atoms. The normalized spacial score (nSPS) is 10.6. The third-order valence-corrected chi connectivity index (χ3v) is 3.35. The van der Waals surface area contributed by atoms with E-state index in [0.717, 1.165) is 27.9 Å². The van der Waals surface area contributed by atoms with Crippen LogP contribution in [0.15, 0.2) is 18.2 Å². The third-order valence-electron chi connectivity index (χ3n) is 3.35. The number of hydrogen-bond acceptors (Lipinski definition) is 4. The fraction of sp³-hybridized carbons (Fsp3) is 0.375. The zero-order valence-corrected chi connectivity index (χ0v) is 12.5.